The highest BCUT2D eigenvalue weighted by Crippen LogP contribution is 2.20. The number of aliphatic hydroxyl groups excluding tert-OH is 1. The van der Waals surface area contributed by atoms with Crippen LogP contribution in [0.3, 0.4) is 0 Å². The molecular weight excluding hydrogens is 250 g/mol. The molecule has 4 heteroatoms. The molecule has 118 valence electrons. The Morgan fingerprint density at radius 1 is 1.10 bits per heavy atom. The van der Waals surface area contributed by atoms with Gasteiger partial charge in [0, 0.05) is 25.7 Å². The van der Waals surface area contributed by atoms with E-state index in [9.17, 15) is 0 Å². The molecule has 4 nitrogen and oxygen atoms in total. The maximum atomic E-state index is 9.13. The molecule has 0 saturated carbocycles. The third-order valence-electron chi connectivity index (χ3n) is 4.87. The van der Waals surface area contributed by atoms with Gasteiger partial charge in [0.05, 0.1) is 0 Å². The molecule has 2 aliphatic rings. The quantitative estimate of drug-likeness (QED) is 0.701. The van der Waals surface area contributed by atoms with Crippen molar-refractivity contribution >= 4 is 0 Å². The molecule has 2 heterocycles. The Balaban J connectivity index is 1.64. The van der Waals surface area contributed by atoms with Crippen LogP contribution in [-0.4, -0.2) is 73.4 Å². The number of likely N-dealkylation sites (tertiary alicyclic amines) is 2. The first-order valence-electron chi connectivity index (χ1n) is 8.60. The fourth-order valence-electron chi connectivity index (χ4n) is 3.70. The second kappa shape index (κ2) is 8.98. The van der Waals surface area contributed by atoms with Crippen molar-refractivity contribution in [2.24, 2.45) is 5.92 Å². The summed E-state index contributed by atoms with van der Waals surface area (Å²) in [6.45, 7) is 11.0. The van der Waals surface area contributed by atoms with Gasteiger partial charge in [-0.25, -0.2) is 0 Å². The Morgan fingerprint density at radius 2 is 1.80 bits per heavy atom. The van der Waals surface area contributed by atoms with Crippen molar-refractivity contribution in [3.8, 4) is 0 Å². The van der Waals surface area contributed by atoms with E-state index in [1.165, 1.54) is 58.4 Å². The van der Waals surface area contributed by atoms with Gasteiger partial charge < -0.3 is 20.2 Å². The zero-order valence-corrected chi connectivity index (χ0v) is 13.2. The number of rotatable bonds is 8. The topological polar surface area (TPSA) is 38.7 Å². The van der Waals surface area contributed by atoms with E-state index in [2.05, 4.69) is 22.0 Å². The minimum atomic E-state index is 0.295. The summed E-state index contributed by atoms with van der Waals surface area (Å²) in [6.07, 6.45) is 6.40. The average Bonchev–Trinajstić information content (AvgIpc) is 2.94. The highest BCUT2D eigenvalue weighted by molar-refractivity contribution is 4.80. The summed E-state index contributed by atoms with van der Waals surface area (Å²) in [5.41, 5.74) is 0. The molecule has 2 fully saturated rings. The van der Waals surface area contributed by atoms with Gasteiger partial charge in [0.1, 0.15) is 0 Å². The first kappa shape index (κ1) is 16.2. The van der Waals surface area contributed by atoms with E-state index in [0.29, 0.717) is 12.6 Å². The van der Waals surface area contributed by atoms with Crippen molar-refractivity contribution in [2.75, 3.05) is 52.4 Å². The lowest BCUT2D eigenvalue weighted by Crippen LogP contribution is -2.45. The largest absolute Gasteiger partial charge is 0.396 e. The van der Waals surface area contributed by atoms with E-state index >= 15 is 0 Å². The predicted molar refractivity (Wildman–Crippen MR) is 84.0 cm³/mol. The SMILES string of the molecule is CCNC(CCO)CN1CCC(CN2CCCC2)CC1. The van der Waals surface area contributed by atoms with E-state index in [1.54, 1.807) is 0 Å². The number of piperidine rings is 1. The molecule has 20 heavy (non-hydrogen) atoms. The third kappa shape index (κ3) is 5.32. The number of hydrogen-bond acceptors (Lipinski definition) is 4. The normalized spacial score (nSPS) is 24.3. The fourth-order valence-corrected chi connectivity index (χ4v) is 3.70. The molecule has 0 aromatic heterocycles. The molecule has 0 aromatic carbocycles. The molecule has 0 radical (unpaired) electrons. The van der Waals surface area contributed by atoms with E-state index in [4.69, 9.17) is 5.11 Å². The molecule has 1 unspecified atom stereocenters. The standard InChI is InChI=1S/C16H33N3O/c1-2-17-16(7-12-20)14-19-10-5-15(6-11-19)13-18-8-3-4-9-18/h15-17,20H,2-14H2,1H3. The smallest absolute Gasteiger partial charge is 0.0446 e. The lowest BCUT2D eigenvalue weighted by Gasteiger charge is -2.35. The second-order valence-electron chi connectivity index (χ2n) is 6.52. The first-order valence-corrected chi connectivity index (χ1v) is 8.60. The lowest BCUT2D eigenvalue weighted by atomic mass is 9.96. The summed E-state index contributed by atoms with van der Waals surface area (Å²) in [5, 5.41) is 12.6. The molecule has 2 aliphatic heterocycles. The van der Waals surface area contributed by atoms with Crippen molar-refractivity contribution in [1.29, 1.82) is 0 Å². The summed E-state index contributed by atoms with van der Waals surface area (Å²) in [6, 6.07) is 0.458. The molecule has 2 saturated heterocycles. The average molecular weight is 283 g/mol. The third-order valence-corrected chi connectivity index (χ3v) is 4.87. The summed E-state index contributed by atoms with van der Waals surface area (Å²) >= 11 is 0. The van der Waals surface area contributed by atoms with Crippen LogP contribution in [0.15, 0.2) is 0 Å². The van der Waals surface area contributed by atoms with Crippen LogP contribution in [0.1, 0.15) is 39.0 Å². The molecule has 2 N–H and O–H groups in total. The van der Waals surface area contributed by atoms with E-state index < -0.39 is 0 Å². The highest BCUT2D eigenvalue weighted by Gasteiger charge is 2.23. The van der Waals surface area contributed by atoms with Gasteiger partial charge in [0.25, 0.3) is 0 Å². The number of nitrogens with one attached hydrogen (secondary N) is 1. The zero-order valence-electron chi connectivity index (χ0n) is 13.2. The molecule has 0 spiro atoms. The van der Waals surface area contributed by atoms with Crippen LogP contribution < -0.4 is 5.32 Å². The highest BCUT2D eigenvalue weighted by atomic mass is 16.3. The van der Waals surface area contributed by atoms with Crippen molar-refractivity contribution < 1.29 is 5.11 Å². The second-order valence-corrected chi connectivity index (χ2v) is 6.52. The molecule has 0 bridgehead atoms. The molecule has 1 atom stereocenters. The monoisotopic (exact) mass is 283 g/mol. The first-order chi connectivity index (χ1) is 9.81. The van der Waals surface area contributed by atoms with Crippen LogP contribution in [0.4, 0.5) is 0 Å². The van der Waals surface area contributed by atoms with Crippen molar-refractivity contribution in [1.82, 2.24) is 15.1 Å². The van der Waals surface area contributed by atoms with Gasteiger partial charge in [-0.05, 0) is 70.7 Å². The lowest BCUT2D eigenvalue weighted by molar-refractivity contribution is 0.137. The maximum Gasteiger partial charge on any atom is 0.0446 e. The number of aliphatic hydroxyl groups is 1. The minimum Gasteiger partial charge on any atom is -0.396 e. The zero-order chi connectivity index (χ0) is 14.2. The Kier molecular flexibility index (Phi) is 7.28. The van der Waals surface area contributed by atoms with E-state index in [-0.39, 0.29) is 0 Å². The fraction of sp³-hybridized carbons (Fsp3) is 1.00. The molecule has 0 aromatic rings. The Bertz CT molecular complexity index is 242. The summed E-state index contributed by atoms with van der Waals surface area (Å²) in [7, 11) is 0. The van der Waals surface area contributed by atoms with Gasteiger partial charge in [-0.1, -0.05) is 6.92 Å². The summed E-state index contributed by atoms with van der Waals surface area (Å²) < 4.78 is 0. The van der Waals surface area contributed by atoms with Gasteiger partial charge >= 0.3 is 0 Å². The molecular formula is C16H33N3O. The van der Waals surface area contributed by atoms with Crippen LogP contribution in [0.2, 0.25) is 0 Å². The number of likely N-dealkylation sites (N-methyl/N-ethyl adjacent to an activating group) is 1. The van der Waals surface area contributed by atoms with Gasteiger partial charge in [-0.2, -0.15) is 0 Å². The van der Waals surface area contributed by atoms with Gasteiger partial charge in [-0.3, -0.25) is 0 Å². The number of hydrogen-bond donors (Lipinski definition) is 2. The van der Waals surface area contributed by atoms with Gasteiger partial charge in [0.2, 0.25) is 0 Å². The van der Waals surface area contributed by atoms with Gasteiger partial charge in [-0.15, -0.1) is 0 Å². The van der Waals surface area contributed by atoms with Crippen LogP contribution in [0.25, 0.3) is 0 Å². The van der Waals surface area contributed by atoms with Crippen LogP contribution >= 0.6 is 0 Å². The van der Waals surface area contributed by atoms with Crippen LogP contribution in [0, 0.1) is 5.92 Å². The Labute approximate surface area is 124 Å². The maximum absolute atomic E-state index is 9.13. The van der Waals surface area contributed by atoms with Gasteiger partial charge in [0.15, 0.2) is 0 Å². The Morgan fingerprint density at radius 3 is 2.40 bits per heavy atom. The molecule has 2 rings (SSSR count). The summed E-state index contributed by atoms with van der Waals surface area (Å²) in [5.74, 6) is 0.916. The van der Waals surface area contributed by atoms with Crippen LogP contribution in [-0.2, 0) is 0 Å². The van der Waals surface area contributed by atoms with Crippen LogP contribution in [0.5, 0.6) is 0 Å². The van der Waals surface area contributed by atoms with Crippen molar-refractivity contribution in [3.05, 3.63) is 0 Å². The molecule has 0 aliphatic carbocycles. The molecule has 0 amide bonds. The van der Waals surface area contributed by atoms with Crippen molar-refractivity contribution in [3.63, 3.8) is 0 Å². The van der Waals surface area contributed by atoms with E-state index in [0.717, 1.165) is 25.4 Å². The predicted octanol–water partition coefficient (Wildman–Crippen LogP) is 1.15. The summed E-state index contributed by atoms with van der Waals surface area (Å²) in [4.78, 5) is 5.25. The Hall–Kier alpha value is -0.160. The minimum absolute atomic E-state index is 0.295. The number of nitrogens with zero attached hydrogens (tertiary/aromatic N) is 2. The van der Waals surface area contributed by atoms with E-state index in [1.807, 2.05) is 0 Å². The van der Waals surface area contributed by atoms with Crippen molar-refractivity contribution in [2.45, 2.75) is 45.1 Å².